The van der Waals surface area contributed by atoms with Crippen LogP contribution in [0.1, 0.15) is 36.8 Å². The topological polar surface area (TPSA) is 115 Å². The van der Waals surface area contributed by atoms with Gasteiger partial charge in [0, 0.05) is 40.8 Å². The van der Waals surface area contributed by atoms with E-state index in [1.807, 2.05) is 24.3 Å². The van der Waals surface area contributed by atoms with Gasteiger partial charge in [-0.05, 0) is 80.5 Å². The SMILES string of the molecule is O=C(Nc1ccc2ncccc2c1)/C(CO)=C(\O)C1Oc2c(O)ccc3c2[C@@]12CCN(CC1CC1)[C@H](C3)C2. The number of hydrogen-bond donors (Lipinski definition) is 4. The Labute approximate surface area is 220 Å². The van der Waals surface area contributed by atoms with Crippen molar-refractivity contribution < 1.29 is 24.9 Å². The van der Waals surface area contributed by atoms with E-state index in [9.17, 15) is 20.1 Å². The van der Waals surface area contributed by atoms with Crippen molar-refractivity contribution in [2.45, 2.75) is 49.7 Å². The molecule has 2 bridgehead atoms. The molecule has 1 saturated heterocycles. The predicted octanol–water partition coefficient (Wildman–Crippen LogP) is 3.81. The van der Waals surface area contributed by atoms with Crippen LogP contribution in [-0.4, -0.2) is 63.0 Å². The van der Waals surface area contributed by atoms with Gasteiger partial charge in [0.25, 0.3) is 5.91 Å². The molecular weight excluding hydrogens is 482 g/mol. The summed E-state index contributed by atoms with van der Waals surface area (Å²) in [7, 11) is 0. The normalized spacial score (nSPS) is 26.4. The largest absolute Gasteiger partial charge is 0.508 e. The minimum absolute atomic E-state index is 0.0389. The molecule has 3 heterocycles. The molecule has 4 aliphatic rings. The lowest BCUT2D eigenvalue weighted by Crippen LogP contribution is -2.57. The maximum absolute atomic E-state index is 13.3. The Morgan fingerprint density at radius 1 is 1.21 bits per heavy atom. The Morgan fingerprint density at radius 2 is 2.08 bits per heavy atom. The maximum Gasteiger partial charge on any atom is 0.257 e. The second-order valence-electron chi connectivity index (χ2n) is 11.2. The highest BCUT2D eigenvalue weighted by Gasteiger charge is 2.59. The zero-order valence-corrected chi connectivity index (χ0v) is 21.1. The zero-order valence-electron chi connectivity index (χ0n) is 21.1. The van der Waals surface area contributed by atoms with Gasteiger partial charge in [-0.15, -0.1) is 0 Å². The number of aliphatic hydroxyl groups is 2. The summed E-state index contributed by atoms with van der Waals surface area (Å²) < 4.78 is 6.29. The fraction of sp³-hybridized carbons (Fsp3) is 0.400. The molecule has 8 heteroatoms. The summed E-state index contributed by atoms with van der Waals surface area (Å²) in [5, 5.41) is 36.2. The minimum atomic E-state index is -0.857. The molecule has 2 fully saturated rings. The summed E-state index contributed by atoms with van der Waals surface area (Å²) >= 11 is 0. The number of phenols is 1. The number of nitrogens with zero attached hydrogens (tertiary/aromatic N) is 2. The molecule has 3 atom stereocenters. The summed E-state index contributed by atoms with van der Waals surface area (Å²) in [5.74, 6) is 0.350. The summed E-state index contributed by atoms with van der Waals surface area (Å²) in [5.41, 5.74) is 2.73. The Kier molecular flexibility index (Phi) is 5.39. The lowest BCUT2D eigenvalue weighted by molar-refractivity contribution is -0.113. The molecular formula is C30H31N3O5. The van der Waals surface area contributed by atoms with Crippen LogP contribution in [0.25, 0.3) is 10.9 Å². The molecule has 2 aliphatic heterocycles. The lowest BCUT2D eigenvalue weighted by Gasteiger charge is -2.50. The second kappa shape index (κ2) is 8.71. The number of aliphatic hydroxyl groups excluding tert-OH is 2. The third-order valence-electron chi connectivity index (χ3n) is 8.92. The van der Waals surface area contributed by atoms with Crippen LogP contribution in [0.5, 0.6) is 11.5 Å². The van der Waals surface area contributed by atoms with Gasteiger partial charge >= 0.3 is 0 Å². The summed E-state index contributed by atoms with van der Waals surface area (Å²) in [6, 6.07) is 13.0. The first kappa shape index (κ1) is 23.5. The van der Waals surface area contributed by atoms with Gasteiger partial charge < -0.3 is 25.4 Å². The van der Waals surface area contributed by atoms with Crippen LogP contribution in [0.15, 0.2) is 60.0 Å². The number of fused-ring (bicyclic) bond motifs is 2. The van der Waals surface area contributed by atoms with Gasteiger partial charge in [0.15, 0.2) is 17.6 Å². The van der Waals surface area contributed by atoms with E-state index in [-0.39, 0.29) is 17.1 Å². The predicted molar refractivity (Wildman–Crippen MR) is 142 cm³/mol. The number of piperidine rings is 1. The number of benzene rings is 2. The summed E-state index contributed by atoms with van der Waals surface area (Å²) in [6.07, 6.45) is 5.83. The number of likely N-dealkylation sites (tertiary alicyclic amines) is 1. The Balaban J connectivity index is 1.23. The zero-order chi connectivity index (χ0) is 26.0. The second-order valence-corrected chi connectivity index (χ2v) is 11.2. The standard InChI is InChI=1S/C30H31N3O5/c34-16-22(29(37)32-20-6-7-23-18(12-20)2-1-10-31-23)26(36)28-30-9-11-33(15-17-3-4-17)21(14-30)13-19-5-8-24(35)27(38-28)25(19)30/h1-2,5-8,10,12,17,21,28,34-36H,3-4,9,11,13-16H2,(H,32,37)/b26-22-/t21-,28?,30+/m1/s1. The number of rotatable bonds is 6. The Bertz CT molecular complexity index is 1480. The maximum atomic E-state index is 13.3. The molecule has 38 heavy (non-hydrogen) atoms. The number of ether oxygens (including phenoxy) is 1. The van der Waals surface area contributed by atoms with E-state index in [4.69, 9.17) is 4.74 Å². The average Bonchev–Trinajstić information content (AvgIpc) is 3.68. The number of phenolic OH excluding ortho intramolecular Hbond substituents is 1. The van der Waals surface area contributed by atoms with Crippen LogP contribution < -0.4 is 10.1 Å². The molecule has 2 aromatic carbocycles. The van der Waals surface area contributed by atoms with Crippen LogP contribution in [0.3, 0.4) is 0 Å². The monoisotopic (exact) mass is 513 g/mol. The first-order valence-electron chi connectivity index (χ1n) is 13.4. The highest BCUT2D eigenvalue weighted by Crippen LogP contribution is 2.59. The van der Waals surface area contributed by atoms with E-state index < -0.39 is 24.0 Å². The fourth-order valence-corrected chi connectivity index (χ4v) is 6.88. The molecule has 1 saturated carbocycles. The van der Waals surface area contributed by atoms with Crippen LogP contribution >= 0.6 is 0 Å². The quantitative estimate of drug-likeness (QED) is 0.293. The molecule has 1 spiro atoms. The number of amides is 1. The van der Waals surface area contributed by atoms with Crippen LogP contribution in [-0.2, 0) is 16.6 Å². The number of pyridine rings is 1. The van der Waals surface area contributed by atoms with Crippen molar-refractivity contribution in [2.75, 3.05) is 25.0 Å². The number of aromatic nitrogens is 1. The van der Waals surface area contributed by atoms with Crippen LogP contribution in [0, 0.1) is 5.92 Å². The highest BCUT2D eigenvalue weighted by molar-refractivity contribution is 6.05. The van der Waals surface area contributed by atoms with Crippen LogP contribution in [0.4, 0.5) is 5.69 Å². The molecule has 3 aromatic rings. The van der Waals surface area contributed by atoms with Crippen molar-refractivity contribution in [2.24, 2.45) is 5.92 Å². The molecule has 1 unspecified atom stereocenters. The molecule has 196 valence electrons. The fourth-order valence-electron chi connectivity index (χ4n) is 6.88. The molecule has 1 aromatic heterocycles. The highest BCUT2D eigenvalue weighted by atomic mass is 16.5. The Morgan fingerprint density at radius 3 is 2.89 bits per heavy atom. The molecule has 1 amide bonds. The molecule has 8 nitrogen and oxygen atoms in total. The van der Waals surface area contributed by atoms with E-state index in [0.717, 1.165) is 60.3 Å². The van der Waals surface area contributed by atoms with Crippen molar-refractivity contribution in [1.29, 1.82) is 0 Å². The molecule has 0 radical (unpaired) electrons. The van der Waals surface area contributed by atoms with Crippen LogP contribution in [0.2, 0.25) is 0 Å². The van der Waals surface area contributed by atoms with Gasteiger partial charge in [-0.1, -0.05) is 12.1 Å². The number of carbonyl (C=O) groups excluding carboxylic acids is 1. The minimum Gasteiger partial charge on any atom is -0.508 e. The van der Waals surface area contributed by atoms with Gasteiger partial charge in [-0.2, -0.15) is 0 Å². The first-order valence-corrected chi connectivity index (χ1v) is 13.4. The summed E-state index contributed by atoms with van der Waals surface area (Å²) in [6.45, 7) is 1.32. The average molecular weight is 514 g/mol. The van der Waals surface area contributed by atoms with Gasteiger partial charge in [0.1, 0.15) is 5.76 Å². The van der Waals surface area contributed by atoms with E-state index in [1.54, 1.807) is 24.4 Å². The number of aromatic hydroxyl groups is 1. The third kappa shape index (κ3) is 3.66. The smallest absolute Gasteiger partial charge is 0.257 e. The first-order chi connectivity index (χ1) is 18.5. The number of nitrogens with one attached hydrogen (secondary N) is 1. The van der Waals surface area contributed by atoms with Crippen molar-refractivity contribution in [1.82, 2.24) is 9.88 Å². The van der Waals surface area contributed by atoms with Crippen molar-refractivity contribution in [3.05, 3.63) is 71.1 Å². The lowest BCUT2D eigenvalue weighted by atomic mass is 9.61. The van der Waals surface area contributed by atoms with Gasteiger partial charge in [-0.25, -0.2) is 0 Å². The van der Waals surface area contributed by atoms with E-state index >= 15 is 0 Å². The number of carbonyl (C=O) groups is 1. The van der Waals surface area contributed by atoms with Gasteiger partial charge in [0.2, 0.25) is 0 Å². The third-order valence-corrected chi connectivity index (χ3v) is 8.92. The summed E-state index contributed by atoms with van der Waals surface area (Å²) in [4.78, 5) is 20.2. The van der Waals surface area contributed by atoms with E-state index in [2.05, 4.69) is 15.2 Å². The molecule has 2 aliphatic carbocycles. The van der Waals surface area contributed by atoms with E-state index in [0.29, 0.717) is 17.5 Å². The number of anilines is 1. The van der Waals surface area contributed by atoms with Crippen molar-refractivity contribution >= 4 is 22.5 Å². The molecule has 7 rings (SSSR count). The van der Waals surface area contributed by atoms with E-state index in [1.165, 1.54) is 12.8 Å². The van der Waals surface area contributed by atoms with Gasteiger partial charge in [0.05, 0.1) is 17.7 Å². The number of hydrogen-bond acceptors (Lipinski definition) is 7. The van der Waals surface area contributed by atoms with Gasteiger partial charge in [-0.3, -0.25) is 14.7 Å². The molecule has 4 N–H and O–H groups in total. The Hall–Kier alpha value is -3.62. The van der Waals surface area contributed by atoms with Crippen molar-refractivity contribution in [3.63, 3.8) is 0 Å². The van der Waals surface area contributed by atoms with Crippen molar-refractivity contribution in [3.8, 4) is 11.5 Å².